The predicted octanol–water partition coefficient (Wildman–Crippen LogP) is 8.79. The first-order chi connectivity index (χ1) is 21.3. The Kier molecular flexibility index (Phi) is 10.2. The van der Waals surface area contributed by atoms with Gasteiger partial charge in [0.15, 0.2) is 11.3 Å². The van der Waals surface area contributed by atoms with Gasteiger partial charge in [-0.3, -0.25) is 14.7 Å². The summed E-state index contributed by atoms with van der Waals surface area (Å²) in [6.45, 7) is 14.9. The fourth-order valence-electron chi connectivity index (χ4n) is 5.23. The first kappa shape index (κ1) is 33.5. The molecule has 0 amide bonds. The number of hydrogen-bond acceptors (Lipinski definition) is 7. The summed E-state index contributed by atoms with van der Waals surface area (Å²) in [6.07, 6.45) is 3.50. The SMILES string of the molecule is CCCCC(C(=O)Oc1ccc(C(C)(C)CC)cc1C(C)(C)CC)n1c(=O)oc2cc([N+](=O)[O-])c(OCc3ccccc3)cc21. The fraction of sp³-hybridized carbons (Fsp3) is 0.444. The highest BCUT2D eigenvalue weighted by Crippen LogP contribution is 2.40. The lowest BCUT2D eigenvalue weighted by molar-refractivity contribution is -0.385. The van der Waals surface area contributed by atoms with Gasteiger partial charge in [-0.05, 0) is 47.3 Å². The molecule has 0 radical (unpaired) electrons. The molecule has 1 atom stereocenters. The van der Waals surface area contributed by atoms with Crippen LogP contribution in [-0.4, -0.2) is 15.5 Å². The average Bonchev–Trinajstić information content (AvgIpc) is 3.34. The van der Waals surface area contributed by atoms with E-state index in [0.29, 0.717) is 18.6 Å². The number of hydrogen-bond donors (Lipinski definition) is 0. The molecule has 1 aromatic heterocycles. The molecule has 9 heteroatoms. The van der Waals surface area contributed by atoms with Gasteiger partial charge in [0.25, 0.3) is 0 Å². The highest BCUT2D eigenvalue weighted by Gasteiger charge is 2.32. The number of fused-ring (bicyclic) bond motifs is 1. The molecule has 3 aromatic carbocycles. The largest absolute Gasteiger partial charge is 0.482 e. The molecule has 0 saturated heterocycles. The first-order valence-corrected chi connectivity index (χ1v) is 15.7. The molecule has 4 aromatic rings. The third kappa shape index (κ3) is 7.30. The Balaban J connectivity index is 1.78. The number of nitro benzene ring substituents is 1. The monoisotopic (exact) mass is 616 g/mol. The molecule has 0 aliphatic rings. The first-order valence-electron chi connectivity index (χ1n) is 15.7. The van der Waals surface area contributed by atoms with Crippen molar-refractivity contribution in [2.75, 3.05) is 0 Å². The Morgan fingerprint density at radius 1 is 0.956 bits per heavy atom. The van der Waals surface area contributed by atoms with Gasteiger partial charge in [-0.25, -0.2) is 9.59 Å². The molecule has 45 heavy (non-hydrogen) atoms. The second-order valence-corrected chi connectivity index (χ2v) is 12.8. The number of aromatic nitrogens is 1. The van der Waals surface area contributed by atoms with E-state index in [0.717, 1.165) is 36.0 Å². The molecule has 1 heterocycles. The van der Waals surface area contributed by atoms with E-state index >= 15 is 0 Å². The molecule has 240 valence electrons. The van der Waals surface area contributed by atoms with Crippen molar-refractivity contribution in [1.29, 1.82) is 0 Å². The quantitative estimate of drug-likeness (QED) is 0.0602. The third-order valence-corrected chi connectivity index (χ3v) is 9.01. The molecule has 4 rings (SSSR count). The Morgan fingerprint density at radius 3 is 2.27 bits per heavy atom. The number of ether oxygens (including phenoxy) is 2. The van der Waals surface area contributed by atoms with Crippen LogP contribution >= 0.6 is 0 Å². The van der Waals surface area contributed by atoms with Crippen molar-refractivity contribution in [2.45, 2.75) is 104 Å². The predicted molar refractivity (Wildman–Crippen MR) is 175 cm³/mol. The van der Waals surface area contributed by atoms with Crippen LogP contribution in [0.2, 0.25) is 0 Å². The maximum Gasteiger partial charge on any atom is 0.420 e. The summed E-state index contributed by atoms with van der Waals surface area (Å²) in [6, 6.07) is 16.8. The Morgan fingerprint density at radius 2 is 1.64 bits per heavy atom. The van der Waals surface area contributed by atoms with Crippen LogP contribution in [0.3, 0.4) is 0 Å². The minimum atomic E-state index is -1.02. The van der Waals surface area contributed by atoms with E-state index in [1.807, 2.05) is 49.4 Å². The molecule has 0 N–H and O–H groups in total. The lowest BCUT2D eigenvalue weighted by Gasteiger charge is -2.30. The van der Waals surface area contributed by atoms with E-state index in [2.05, 4.69) is 47.6 Å². The van der Waals surface area contributed by atoms with Crippen molar-refractivity contribution in [2.24, 2.45) is 0 Å². The summed E-state index contributed by atoms with van der Waals surface area (Å²) in [5, 5.41) is 11.9. The molecular formula is C36H44N2O7. The van der Waals surface area contributed by atoms with Crippen LogP contribution in [0.4, 0.5) is 5.69 Å². The Labute approximate surface area is 264 Å². The van der Waals surface area contributed by atoms with Crippen molar-refractivity contribution >= 4 is 22.8 Å². The van der Waals surface area contributed by atoms with Crippen LogP contribution < -0.4 is 15.2 Å². The van der Waals surface area contributed by atoms with Crippen molar-refractivity contribution in [1.82, 2.24) is 4.57 Å². The molecule has 0 saturated carbocycles. The normalized spacial score (nSPS) is 12.7. The smallest absolute Gasteiger partial charge is 0.420 e. The van der Waals surface area contributed by atoms with E-state index in [1.54, 1.807) is 0 Å². The van der Waals surface area contributed by atoms with Crippen LogP contribution in [-0.2, 0) is 22.2 Å². The van der Waals surface area contributed by atoms with Crippen LogP contribution in [0, 0.1) is 10.1 Å². The zero-order valence-electron chi connectivity index (χ0n) is 27.3. The summed E-state index contributed by atoms with van der Waals surface area (Å²) in [7, 11) is 0. The van der Waals surface area contributed by atoms with Crippen molar-refractivity contribution in [3.05, 3.63) is 98.0 Å². The Bertz CT molecular complexity index is 1720. The van der Waals surface area contributed by atoms with Crippen LogP contribution in [0.1, 0.15) is 103 Å². The highest BCUT2D eigenvalue weighted by molar-refractivity contribution is 5.84. The van der Waals surface area contributed by atoms with Gasteiger partial charge < -0.3 is 13.9 Å². The number of carbonyl (C=O) groups is 1. The number of rotatable bonds is 14. The van der Waals surface area contributed by atoms with Gasteiger partial charge in [-0.15, -0.1) is 0 Å². The molecule has 0 aliphatic carbocycles. The van der Waals surface area contributed by atoms with Gasteiger partial charge in [-0.2, -0.15) is 0 Å². The molecule has 1 unspecified atom stereocenters. The van der Waals surface area contributed by atoms with Crippen molar-refractivity contribution in [3.63, 3.8) is 0 Å². The number of nitrogens with zero attached hydrogens (tertiary/aromatic N) is 2. The van der Waals surface area contributed by atoms with Crippen LogP contribution in [0.25, 0.3) is 11.1 Å². The van der Waals surface area contributed by atoms with Gasteiger partial charge in [0.2, 0.25) is 0 Å². The fourth-order valence-corrected chi connectivity index (χ4v) is 5.23. The zero-order valence-corrected chi connectivity index (χ0v) is 27.3. The molecule has 0 fully saturated rings. The minimum Gasteiger partial charge on any atom is -0.482 e. The second-order valence-electron chi connectivity index (χ2n) is 12.8. The summed E-state index contributed by atoms with van der Waals surface area (Å²) in [5.41, 5.74) is 2.43. The second kappa shape index (κ2) is 13.7. The van der Waals surface area contributed by atoms with Crippen LogP contribution in [0.5, 0.6) is 11.5 Å². The molecular weight excluding hydrogens is 572 g/mol. The Hall–Kier alpha value is -4.40. The van der Waals surface area contributed by atoms with E-state index in [9.17, 15) is 19.7 Å². The number of oxazole rings is 1. The van der Waals surface area contributed by atoms with Crippen LogP contribution in [0.15, 0.2) is 69.9 Å². The van der Waals surface area contributed by atoms with Gasteiger partial charge >= 0.3 is 17.4 Å². The van der Waals surface area contributed by atoms with Crippen molar-refractivity contribution < 1.29 is 23.6 Å². The lowest BCUT2D eigenvalue weighted by Crippen LogP contribution is -2.31. The van der Waals surface area contributed by atoms with Gasteiger partial charge in [0.05, 0.1) is 16.5 Å². The molecule has 0 bridgehead atoms. The number of benzene rings is 3. The van der Waals surface area contributed by atoms with Crippen molar-refractivity contribution in [3.8, 4) is 11.5 Å². The minimum absolute atomic E-state index is 0.00739. The van der Waals surface area contributed by atoms with Gasteiger partial charge in [0.1, 0.15) is 18.4 Å². The highest BCUT2D eigenvalue weighted by atomic mass is 16.6. The zero-order chi connectivity index (χ0) is 32.9. The molecule has 9 nitrogen and oxygen atoms in total. The van der Waals surface area contributed by atoms with Gasteiger partial charge in [0, 0.05) is 11.6 Å². The molecule has 0 aliphatic heterocycles. The summed E-state index contributed by atoms with van der Waals surface area (Å²) in [5.74, 6) is -0.984. The maximum absolute atomic E-state index is 14.0. The summed E-state index contributed by atoms with van der Waals surface area (Å²) >= 11 is 0. The third-order valence-electron chi connectivity index (χ3n) is 9.01. The summed E-state index contributed by atoms with van der Waals surface area (Å²) in [4.78, 5) is 38.7. The topological polar surface area (TPSA) is 114 Å². The number of unbranched alkanes of at least 4 members (excludes halogenated alkanes) is 1. The summed E-state index contributed by atoms with van der Waals surface area (Å²) < 4.78 is 18.7. The standard InChI is InChI=1S/C36H44N2O7/c1-8-11-17-27(33(39)44-30-19-18-25(35(4,5)9-2)20-26(30)36(6,7)10-3)37-28-21-31(43-23-24-15-13-12-14-16-24)29(38(41)42)22-32(28)45-34(37)40/h12-16,18-22,27H,8-11,17,23H2,1-7H3. The number of nitro groups is 1. The van der Waals surface area contributed by atoms with Gasteiger partial charge in [-0.1, -0.05) is 104 Å². The average molecular weight is 617 g/mol. The van der Waals surface area contributed by atoms with E-state index < -0.39 is 22.7 Å². The maximum atomic E-state index is 14.0. The van der Waals surface area contributed by atoms with E-state index in [4.69, 9.17) is 13.9 Å². The number of carbonyl (C=O) groups excluding carboxylic acids is 1. The molecule has 0 spiro atoms. The number of esters is 1. The lowest BCUT2D eigenvalue weighted by atomic mass is 9.76. The van der Waals surface area contributed by atoms with E-state index in [-0.39, 0.29) is 40.0 Å². The van der Waals surface area contributed by atoms with E-state index in [1.165, 1.54) is 16.7 Å².